The van der Waals surface area contributed by atoms with Gasteiger partial charge in [0.25, 0.3) is 0 Å². The standard InChI is InChI=1S/C44H67N13O11/c1-6-24(4)35(56-36(60)25(5)51-40(64)34(23(2)3)55-38(62)29(14-10-16-49-44(46)47)52-37(61)28(45)20-33(58)59)41(65)53-30(19-27-21-48-22-50-27)42(66)57-17-11-15-32(57)39(63)54-31(43(67)68)18-26-12-8-7-9-13-26/h7-9,12-13,21-25,28-32,34-35H,6,10-11,14-20,45H2,1-5H3,(H,48,50)(H,51,64)(H,52,61)(H,53,65)(H,54,63)(H,55,62)(H,56,60)(H,58,59)(H,67,68)(H4,46,47,49)/t24-,25-,28-,29-,30-,31-,32-,34-,35-/m0/s1. The zero-order valence-corrected chi connectivity index (χ0v) is 39.0. The van der Waals surface area contributed by atoms with Gasteiger partial charge in [0.05, 0.1) is 18.8 Å². The summed E-state index contributed by atoms with van der Waals surface area (Å²) in [4.78, 5) is 131. The van der Waals surface area contributed by atoms with Crippen LogP contribution in [0, 0.1) is 11.8 Å². The molecule has 0 aliphatic carbocycles. The third-order valence-electron chi connectivity index (χ3n) is 11.4. The van der Waals surface area contributed by atoms with E-state index < -0.39 is 120 Å². The highest BCUT2D eigenvalue weighted by atomic mass is 16.4. The molecule has 0 saturated carbocycles. The Morgan fingerprint density at radius 3 is 2.04 bits per heavy atom. The molecule has 9 atom stereocenters. The van der Waals surface area contributed by atoms with Gasteiger partial charge < -0.3 is 69.2 Å². The van der Waals surface area contributed by atoms with Crippen LogP contribution in [0.15, 0.2) is 47.8 Å². The minimum Gasteiger partial charge on any atom is -0.481 e. The number of imidazole rings is 1. The predicted molar refractivity (Wildman–Crippen MR) is 246 cm³/mol. The van der Waals surface area contributed by atoms with E-state index in [-0.39, 0.29) is 51.2 Å². The molecular weight excluding hydrogens is 887 g/mol. The highest BCUT2D eigenvalue weighted by molar-refractivity contribution is 5.98. The van der Waals surface area contributed by atoms with E-state index in [2.05, 4.69) is 46.9 Å². The molecule has 2 heterocycles. The van der Waals surface area contributed by atoms with Gasteiger partial charge in [-0.1, -0.05) is 64.4 Å². The second kappa shape index (κ2) is 26.9. The number of benzene rings is 1. The summed E-state index contributed by atoms with van der Waals surface area (Å²) < 4.78 is 0. The van der Waals surface area contributed by atoms with Gasteiger partial charge in [-0.3, -0.25) is 43.3 Å². The van der Waals surface area contributed by atoms with Crippen molar-refractivity contribution in [2.24, 2.45) is 34.0 Å². The van der Waals surface area contributed by atoms with Gasteiger partial charge in [0.1, 0.15) is 42.3 Å². The molecule has 0 spiro atoms. The quantitative estimate of drug-likeness (QED) is 0.0256. The van der Waals surface area contributed by atoms with Crippen molar-refractivity contribution in [3.63, 3.8) is 0 Å². The number of hydrogen-bond donors (Lipinski definition) is 12. The lowest BCUT2D eigenvalue weighted by molar-refractivity contribution is -0.145. The minimum atomic E-state index is -1.48. The van der Waals surface area contributed by atoms with Gasteiger partial charge in [0.15, 0.2) is 5.96 Å². The highest BCUT2D eigenvalue weighted by Crippen LogP contribution is 2.21. The molecular formula is C44H67N13O11. The van der Waals surface area contributed by atoms with Crippen molar-refractivity contribution in [2.75, 3.05) is 13.1 Å². The lowest BCUT2D eigenvalue weighted by atomic mass is 9.97. The van der Waals surface area contributed by atoms with E-state index in [0.717, 1.165) is 0 Å². The van der Waals surface area contributed by atoms with Gasteiger partial charge in [-0.2, -0.15) is 0 Å². The zero-order chi connectivity index (χ0) is 50.7. The molecule has 24 heteroatoms. The Hall–Kier alpha value is -7.11. The Bertz CT molecular complexity index is 2080. The van der Waals surface area contributed by atoms with Gasteiger partial charge in [-0.05, 0) is 50.0 Å². The smallest absolute Gasteiger partial charge is 0.326 e. The number of aliphatic carboxylic acids is 2. The summed E-state index contributed by atoms with van der Waals surface area (Å²) in [7, 11) is 0. The Labute approximate surface area is 394 Å². The number of guanidine groups is 1. The van der Waals surface area contributed by atoms with E-state index in [4.69, 9.17) is 22.3 Å². The Kier molecular flexibility index (Phi) is 21.8. The first-order chi connectivity index (χ1) is 32.1. The number of amides is 7. The first-order valence-electron chi connectivity index (χ1n) is 22.5. The normalized spacial score (nSPS) is 16.9. The van der Waals surface area contributed by atoms with Crippen LogP contribution in [0.4, 0.5) is 0 Å². The van der Waals surface area contributed by atoms with Gasteiger partial charge in [-0.15, -0.1) is 0 Å². The van der Waals surface area contributed by atoms with Crippen molar-refractivity contribution in [3.05, 3.63) is 54.1 Å². The summed E-state index contributed by atoms with van der Waals surface area (Å²) >= 11 is 0. The predicted octanol–water partition coefficient (Wildman–Crippen LogP) is -2.24. The van der Waals surface area contributed by atoms with Crippen LogP contribution >= 0.6 is 0 Å². The molecule has 1 aromatic heterocycles. The first-order valence-corrected chi connectivity index (χ1v) is 22.5. The summed E-state index contributed by atoms with van der Waals surface area (Å²) in [6, 6.07) is -1.31. The fourth-order valence-electron chi connectivity index (χ4n) is 7.37. The van der Waals surface area contributed by atoms with Crippen molar-refractivity contribution < 1.29 is 53.4 Å². The number of nitrogens with one attached hydrogen (secondary N) is 7. The van der Waals surface area contributed by atoms with E-state index in [9.17, 15) is 48.3 Å². The maximum atomic E-state index is 14.3. The lowest BCUT2D eigenvalue weighted by Gasteiger charge is -2.31. The van der Waals surface area contributed by atoms with Crippen molar-refractivity contribution >= 4 is 59.2 Å². The molecule has 3 rings (SSSR count). The van der Waals surface area contributed by atoms with Crippen LogP contribution in [0.3, 0.4) is 0 Å². The largest absolute Gasteiger partial charge is 0.481 e. The van der Waals surface area contributed by atoms with Crippen LogP contribution in [-0.4, -0.2) is 146 Å². The molecule has 68 heavy (non-hydrogen) atoms. The molecule has 24 nitrogen and oxygen atoms in total. The van der Waals surface area contributed by atoms with Crippen molar-refractivity contribution in [2.45, 2.75) is 134 Å². The fraction of sp³-hybridized carbons (Fsp3) is 0.568. The SMILES string of the molecule is CC[C@H](C)[C@H](NC(=O)[C@H](C)NC(=O)[C@@H](NC(=O)[C@H](CCCN=C(N)N)NC(=O)[C@@H](N)CC(=O)O)C(C)C)C(=O)N[C@@H](Cc1cnc[nH]1)C(=O)N1CCC[C@H]1C(=O)N[C@@H](Cc1ccccc1)C(=O)O. The summed E-state index contributed by atoms with van der Waals surface area (Å²) in [6.07, 6.45) is 3.34. The van der Waals surface area contributed by atoms with E-state index >= 15 is 0 Å². The highest BCUT2D eigenvalue weighted by Gasteiger charge is 2.41. The fourth-order valence-corrected chi connectivity index (χ4v) is 7.37. The summed E-state index contributed by atoms with van der Waals surface area (Å²) in [6.45, 7) is 8.36. The molecule has 0 unspecified atom stereocenters. The maximum Gasteiger partial charge on any atom is 0.326 e. The van der Waals surface area contributed by atoms with E-state index in [1.54, 1.807) is 58.0 Å². The number of H-pyrrole nitrogens is 1. The van der Waals surface area contributed by atoms with Crippen molar-refractivity contribution in [3.8, 4) is 0 Å². The van der Waals surface area contributed by atoms with E-state index in [0.29, 0.717) is 24.1 Å². The number of carbonyl (C=O) groups excluding carboxylic acids is 7. The Morgan fingerprint density at radius 2 is 1.46 bits per heavy atom. The molecule has 0 bridgehead atoms. The van der Waals surface area contributed by atoms with Crippen LogP contribution in [0.25, 0.3) is 0 Å². The first kappa shape index (κ1) is 55.2. The molecule has 7 amide bonds. The third-order valence-corrected chi connectivity index (χ3v) is 11.4. The summed E-state index contributed by atoms with van der Waals surface area (Å²) in [5.41, 5.74) is 17.6. The molecule has 1 aliphatic rings. The number of carbonyl (C=O) groups is 9. The van der Waals surface area contributed by atoms with Gasteiger partial charge >= 0.3 is 11.9 Å². The number of carboxylic acid groups (broad SMARTS) is 2. The molecule has 1 saturated heterocycles. The monoisotopic (exact) mass is 954 g/mol. The number of aromatic nitrogens is 2. The molecule has 15 N–H and O–H groups in total. The number of carboxylic acids is 2. The second-order valence-corrected chi connectivity index (χ2v) is 17.2. The topological polar surface area (TPSA) is 389 Å². The third kappa shape index (κ3) is 17.3. The number of rotatable bonds is 27. The van der Waals surface area contributed by atoms with E-state index in [1.807, 2.05) is 0 Å². The molecule has 1 fully saturated rings. The molecule has 0 radical (unpaired) electrons. The zero-order valence-electron chi connectivity index (χ0n) is 39.0. The Balaban J connectivity index is 1.76. The number of nitrogens with zero attached hydrogens (tertiary/aromatic N) is 3. The molecule has 374 valence electrons. The van der Waals surface area contributed by atoms with Crippen molar-refractivity contribution in [1.82, 2.24) is 46.8 Å². The maximum absolute atomic E-state index is 14.3. The number of hydrogen-bond acceptors (Lipinski definition) is 12. The second-order valence-electron chi connectivity index (χ2n) is 17.2. The van der Waals surface area contributed by atoms with E-state index in [1.165, 1.54) is 24.3 Å². The number of likely N-dealkylation sites (tertiary alicyclic amines) is 1. The van der Waals surface area contributed by atoms with Gasteiger partial charge in [0, 0.05) is 37.8 Å². The molecule has 1 aromatic carbocycles. The average Bonchev–Trinajstić information content (AvgIpc) is 4.00. The molecule has 2 aromatic rings. The molecule has 1 aliphatic heterocycles. The number of aliphatic imine (C=N–C) groups is 1. The van der Waals surface area contributed by atoms with Crippen LogP contribution in [0.2, 0.25) is 0 Å². The average molecular weight is 954 g/mol. The number of nitrogens with two attached hydrogens (primary N) is 3. The van der Waals surface area contributed by atoms with Crippen LogP contribution < -0.4 is 49.1 Å². The summed E-state index contributed by atoms with van der Waals surface area (Å²) in [5.74, 6) is -9.13. The van der Waals surface area contributed by atoms with Gasteiger partial charge in [-0.25, -0.2) is 9.78 Å². The summed E-state index contributed by atoms with van der Waals surface area (Å²) in [5, 5.41) is 34.6. The number of aromatic amines is 1. The van der Waals surface area contributed by atoms with Crippen LogP contribution in [-0.2, 0) is 56.0 Å². The Morgan fingerprint density at radius 1 is 0.809 bits per heavy atom. The minimum absolute atomic E-state index is 0.0146. The van der Waals surface area contributed by atoms with Crippen LogP contribution in [0.5, 0.6) is 0 Å². The van der Waals surface area contributed by atoms with Crippen molar-refractivity contribution in [1.29, 1.82) is 0 Å². The van der Waals surface area contributed by atoms with Crippen LogP contribution in [0.1, 0.15) is 84.4 Å². The van der Waals surface area contributed by atoms with Gasteiger partial charge in [0.2, 0.25) is 41.4 Å². The lowest BCUT2D eigenvalue weighted by Crippen LogP contribution is -2.61.